The maximum absolute atomic E-state index is 9.18. The van der Waals surface area contributed by atoms with Gasteiger partial charge >= 0.3 is 0 Å². The number of aliphatic hydroxyl groups is 1. The molecule has 1 aromatic carbocycles. The van der Waals surface area contributed by atoms with Crippen LogP contribution < -0.4 is 5.32 Å². The second kappa shape index (κ2) is 6.54. The van der Waals surface area contributed by atoms with Crippen molar-refractivity contribution in [2.24, 2.45) is 0 Å². The first kappa shape index (κ1) is 11.2. The van der Waals surface area contributed by atoms with Gasteiger partial charge < -0.3 is 15.2 Å². The van der Waals surface area contributed by atoms with Gasteiger partial charge in [-0.15, -0.1) is 0 Å². The molecule has 0 spiro atoms. The smallest absolute Gasteiger partial charge is 0.0626 e. The molecule has 0 heterocycles. The fourth-order valence-corrected chi connectivity index (χ4v) is 1.31. The molecular weight excluding hydrogens is 178 g/mol. The summed E-state index contributed by atoms with van der Waals surface area (Å²) in [5, 5.41) is 12.4. The van der Waals surface area contributed by atoms with Crippen LogP contribution in [0.15, 0.2) is 30.3 Å². The highest BCUT2D eigenvalue weighted by molar-refractivity contribution is 5.18. The summed E-state index contributed by atoms with van der Waals surface area (Å²) in [4.78, 5) is 0. The Morgan fingerprint density at radius 3 is 2.64 bits per heavy atom. The predicted octanol–water partition coefficient (Wildman–Crippen LogP) is 0.956. The van der Waals surface area contributed by atoms with E-state index < -0.39 is 0 Å². The Balaban J connectivity index is 2.46. The van der Waals surface area contributed by atoms with Crippen LogP contribution in [-0.4, -0.2) is 32.0 Å². The Labute approximate surface area is 84.7 Å². The quantitative estimate of drug-likeness (QED) is 0.664. The van der Waals surface area contributed by atoms with Crippen LogP contribution >= 0.6 is 0 Å². The van der Waals surface area contributed by atoms with Gasteiger partial charge in [0.1, 0.15) is 0 Å². The van der Waals surface area contributed by atoms with Gasteiger partial charge in [0.05, 0.1) is 19.3 Å². The average Bonchev–Trinajstić information content (AvgIpc) is 2.26. The summed E-state index contributed by atoms with van der Waals surface area (Å²) in [5.41, 5.74) is 1.10. The third-order valence-corrected chi connectivity index (χ3v) is 2.08. The van der Waals surface area contributed by atoms with Gasteiger partial charge in [-0.2, -0.15) is 0 Å². The van der Waals surface area contributed by atoms with Gasteiger partial charge in [-0.25, -0.2) is 0 Å². The van der Waals surface area contributed by atoms with Gasteiger partial charge in [0, 0.05) is 13.7 Å². The standard InChI is InChI=1S/C11H17NO2/c1-14-8-7-12-11(9-13)10-5-3-2-4-6-10/h2-6,11-13H,7-9H2,1H3. The predicted molar refractivity (Wildman–Crippen MR) is 56.1 cm³/mol. The lowest BCUT2D eigenvalue weighted by atomic mass is 10.1. The normalized spacial score (nSPS) is 12.7. The van der Waals surface area contributed by atoms with Crippen molar-refractivity contribution in [1.29, 1.82) is 0 Å². The maximum Gasteiger partial charge on any atom is 0.0626 e. The van der Waals surface area contributed by atoms with Gasteiger partial charge in [0.15, 0.2) is 0 Å². The number of rotatable bonds is 6. The minimum absolute atomic E-state index is 0.00588. The molecule has 0 saturated carbocycles. The monoisotopic (exact) mass is 195 g/mol. The van der Waals surface area contributed by atoms with Crippen LogP contribution in [0.25, 0.3) is 0 Å². The SMILES string of the molecule is COCCNC(CO)c1ccccc1. The Hall–Kier alpha value is -0.900. The molecule has 1 rings (SSSR count). The zero-order valence-corrected chi connectivity index (χ0v) is 8.44. The van der Waals surface area contributed by atoms with Crippen LogP contribution in [0.4, 0.5) is 0 Å². The van der Waals surface area contributed by atoms with Crippen LogP contribution in [0, 0.1) is 0 Å². The second-order valence-corrected chi connectivity index (χ2v) is 3.09. The van der Waals surface area contributed by atoms with Crippen molar-refractivity contribution in [2.45, 2.75) is 6.04 Å². The molecule has 0 fully saturated rings. The Kier molecular flexibility index (Phi) is 5.22. The first-order chi connectivity index (χ1) is 6.88. The summed E-state index contributed by atoms with van der Waals surface area (Å²) in [5.74, 6) is 0. The third kappa shape index (κ3) is 3.46. The van der Waals surface area contributed by atoms with Crippen LogP contribution in [-0.2, 0) is 4.74 Å². The van der Waals surface area contributed by atoms with E-state index in [1.165, 1.54) is 0 Å². The molecule has 3 nitrogen and oxygen atoms in total. The summed E-state index contributed by atoms with van der Waals surface area (Å²) in [6.45, 7) is 1.51. The van der Waals surface area contributed by atoms with Gasteiger partial charge in [-0.05, 0) is 5.56 Å². The zero-order valence-electron chi connectivity index (χ0n) is 8.44. The van der Waals surface area contributed by atoms with Crippen molar-refractivity contribution in [3.05, 3.63) is 35.9 Å². The molecule has 1 atom stereocenters. The van der Waals surface area contributed by atoms with Gasteiger partial charge in [-0.1, -0.05) is 30.3 Å². The molecule has 1 unspecified atom stereocenters. The molecule has 0 aromatic heterocycles. The van der Waals surface area contributed by atoms with Gasteiger partial charge in [0.25, 0.3) is 0 Å². The lowest BCUT2D eigenvalue weighted by Gasteiger charge is -2.16. The minimum Gasteiger partial charge on any atom is -0.394 e. The number of methoxy groups -OCH3 is 1. The summed E-state index contributed by atoms with van der Waals surface area (Å²) >= 11 is 0. The largest absolute Gasteiger partial charge is 0.394 e. The van der Waals surface area contributed by atoms with Crippen molar-refractivity contribution in [3.8, 4) is 0 Å². The number of ether oxygens (including phenoxy) is 1. The average molecular weight is 195 g/mol. The van der Waals surface area contributed by atoms with Crippen LogP contribution in [0.2, 0.25) is 0 Å². The van der Waals surface area contributed by atoms with Crippen molar-refractivity contribution >= 4 is 0 Å². The summed E-state index contributed by atoms with van der Waals surface area (Å²) < 4.78 is 4.93. The molecule has 0 amide bonds. The van der Waals surface area contributed by atoms with E-state index in [2.05, 4.69) is 5.32 Å². The summed E-state index contributed by atoms with van der Waals surface area (Å²) in [7, 11) is 1.66. The molecule has 0 aliphatic heterocycles. The number of hydrogen-bond acceptors (Lipinski definition) is 3. The number of hydrogen-bond donors (Lipinski definition) is 2. The van der Waals surface area contributed by atoms with E-state index in [4.69, 9.17) is 4.74 Å². The number of aliphatic hydroxyl groups excluding tert-OH is 1. The second-order valence-electron chi connectivity index (χ2n) is 3.09. The zero-order chi connectivity index (χ0) is 10.2. The fraction of sp³-hybridized carbons (Fsp3) is 0.455. The highest BCUT2D eigenvalue weighted by Crippen LogP contribution is 2.10. The molecular formula is C11H17NO2. The van der Waals surface area contributed by atoms with E-state index in [0.717, 1.165) is 12.1 Å². The first-order valence-electron chi connectivity index (χ1n) is 4.76. The highest BCUT2D eigenvalue weighted by atomic mass is 16.5. The van der Waals surface area contributed by atoms with Crippen LogP contribution in [0.1, 0.15) is 11.6 Å². The molecule has 0 saturated heterocycles. The van der Waals surface area contributed by atoms with Gasteiger partial charge in [0.2, 0.25) is 0 Å². The van der Waals surface area contributed by atoms with E-state index in [1.807, 2.05) is 30.3 Å². The number of benzene rings is 1. The highest BCUT2D eigenvalue weighted by Gasteiger charge is 2.07. The first-order valence-corrected chi connectivity index (χ1v) is 4.76. The van der Waals surface area contributed by atoms with Crippen LogP contribution in [0.5, 0.6) is 0 Å². The Morgan fingerprint density at radius 1 is 1.36 bits per heavy atom. The van der Waals surface area contributed by atoms with Crippen molar-refractivity contribution in [3.63, 3.8) is 0 Å². The van der Waals surface area contributed by atoms with E-state index in [0.29, 0.717) is 6.61 Å². The molecule has 14 heavy (non-hydrogen) atoms. The topological polar surface area (TPSA) is 41.5 Å². The van der Waals surface area contributed by atoms with Crippen molar-refractivity contribution in [1.82, 2.24) is 5.32 Å². The number of nitrogens with one attached hydrogen (secondary N) is 1. The molecule has 0 bridgehead atoms. The van der Waals surface area contributed by atoms with E-state index in [1.54, 1.807) is 7.11 Å². The Morgan fingerprint density at radius 2 is 2.07 bits per heavy atom. The van der Waals surface area contributed by atoms with Crippen molar-refractivity contribution in [2.75, 3.05) is 26.9 Å². The molecule has 0 aliphatic carbocycles. The molecule has 1 aromatic rings. The molecule has 0 radical (unpaired) electrons. The fourth-order valence-electron chi connectivity index (χ4n) is 1.31. The Bertz CT molecular complexity index is 238. The molecule has 3 heteroatoms. The maximum atomic E-state index is 9.18. The van der Waals surface area contributed by atoms with Gasteiger partial charge in [-0.3, -0.25) is 0 Å². The summed E-state index contributed by atoms with van der Waals surface area (Å²) in [6.07, 6.45) is 0. The van der Waals surface area contributed by atoms with E-state index in [-0.39, 0.29) is 12.6 Å². The lowest BCUT2D eigenvalue weighted by Crippen LogP contribution is -2.27. The minimum atomic E-state index is 0.00588. The molecule has 0 aliphatic rings. The van der Waals surface area contributed by atoms with Crippen molar-refractivity contribution < 1.29 is 9.84 Å². The van der Waals surface area contributed by atoms with E-state index >= 15 is 0 Å². The van der Waals surface area contributed by atoms with E-state index in [9.17, 15) is 5.11 Å². The van der Waals surface area contributed by atoms with Crippen LogP contribution in [0.3, 0.4) is 0 Å². The lowest BCUT2D eigenvalue weighted by molar-refractivity contribution is 0.184. The molecule has 2 N–H and O–H groups in total. The molecule has 78 valence electrons. The third-order valence-electron chi connectivity index (χ3n) is 2.08. The summed E-state index contributed by atoms with van der Waals surface area (Å²) in [6, 6.07) is 9.91.